The lowest BCUT2D eigenvalue weighted by Gasteiger charge is -2.38. The van der Waals surface area contributed by atoms with Gasteiger partial charge in [-0.25, -0.2) is 4.79 Å². The van der Waals surface area contributed by atoms with Crippen LogP contribution >= 0.6 is 0 Å². The van der Waals surface area contributed by atoms with Crippen molar-refractivity contribution in [2.45, 2.75) is 63.6 Å². The highest BCUT2D eigenvalue weighted by Gasteiger charge is 2.45. The first-order valence-electron chi connectivity index (χ1n) is 14.1. The SMILES string of the molecule is COC(=O)C(CC=CCC[C@@H]1[C@H](N2CCOCC2)[C@H](O)C[C@@H]1OCc1ccc(-c2ccccc2)cc1)OC(C)=O. The van der Waals surface area contributed by atoms with E-state index in [4.69, 9.17) is 18.9 Å². The lowest BCUT2D eigenvalue weighted by atomic mass is 9.93. The monoisotopic (exact) mass is 551 g/mol. The largest absolute Gasteiger partial charge is 0.466 e. The van der Waals surface area contributed by atoms with Gasteiger partial charge in [-0.3, -0.25) is 9.69 Å². The first-order chi connectivity index (χ1) is 19.5. The van der Waals surface area contributed by atoms with Crippen molar-refractivity contribution in [1.82, 2.24) is 4.90 Å². The standard InChI is InChI=1S/C32H41NO7/c1-23(34)40-29(32(36)37-2)12-8-4-7-11-27-30(21-28(35)31(27)33-17-19-38-20-18-33)39-22-24-13-15-26(16-14-24)25-9-5-3-6-10-25/h3-6,8-10,13-16,27-31,35H,7,11-12,17-22H2,1-2H3/t27-,28+,29?,30-,31-/m0/s1. The van der Waals surface area contributed by atoms with Crippen LogP contribution in [0.2, 0.25) is 0 Å². The van der Waals surface area contributed by atoms with Gasteiger partial charge in [-0.05, 0) is 29.5 Å². The van der Waals surface area contributed by atoms with Gasteiger partial charge in [0.2, 0.25) is 6.10 Å². The average molecular weight is 552 g/mol. The Morgan fingerprint density at radius 3 is 2.42 bits per heavy atom. The zero-order chi connectivity index (χ0) is 28.3. The van der Waals surface area contributed by atoms with E-state index in [1.807, 2.05) is 30.4 Å². The number of hydrogen-bond donors (Lipinski definition) is 1. The Morgan fingerprint density at radius 1 is 1.05 bits per heavy atom. The molecule has 0 radical (unpaired) electrons. The lowest BCUT2D eigenvalue weighted by Crippen LogP contribution is -2.50. The highest BCUT2D eigenvalue weighted by Crippen LogP contribution is 2.37. The molecule has 8 nitrogen and oxygen atoms in total. The van der Waals surface area contributed by atoms with Crippen LogP contribution in [0.25, 0.3) is 11.1 Å². The number of benzene rings is 2. The molecule has 1 aliphatic carbocycles. The Kier molecular flexibility index (Phi) is 11.3. The summed E-state index contributed by atoms with van der Waals surface area (Å²) >= 11 is 0. The third-order valence-electron chi connectivity index (χ3n) is 7.73. The fourth-order valence-electron chi connectivity index (χ4n) is 5.77. The van der Waals surface area contributed by atoms with Crippen LogP contribution in [0, 0.1) is 5.92 Å². The summed E-state index contributed by atoms with van der Waals surface area (Å²) in [7, 11) is 1.28. The minimum absolute atomic E-state index is 0.00613. The molecule has 216 valence electrons. The molecule has 5 atom stereocenters. The van der Waals surface area contributed by atoms with Gasteiger partial charge in [0.1, 0.15) is 0 Å². The third kappa shape index (κ3) is 8.24. The predicted octanol–water partition coefficient (Wildman–Crippen LogP) is 4.15. The molecule has 4 rings (SSSR count). The zero-order valence-electron chi connectivity index (χ0n) is 23.4. The number of methoxy groups -OCH3 is 1. The number of carbonyl (C=O) groups is 2. The molecule has 8 heteroatoms. The molecule has 0 bridgehead atoms. The molecule has 1 heterocycles. The van der Waals surface area contributed by atoms with Crippen molar-refractivity contribution in [3.05, 3.63) is 72.3 Å². The van der Waals surface area contributed by atoms with Crippen LogP contribution < -0.4 is 0 Å². The van der Waals surface area contributed by atoms with E-state index in [0.717, 1.165) is 31.5 Å². The number of ether oxygens (including phenoxy) is 4. The number of morpholine rings is 1. The quantitative estimate of drug-likeness (QED) is 0.311. The first kappa shape index (κ1) is 29.9. The van der Waals surface area contributed by atoms with E-state index in [2.05, 4.69) is 41.3 Å². The summed E-state index contributed by atoms with van der Waals surface area (Å²) in [6.45, 7) is 4.68. The van der Waals surface area contributed by atoms with Gasteiger partial charge in [0.05, 0.1) is 39.1 Å². The van der Waals surface area contributed by atoms with Crippen molar-refractivity contribution >= 4 is 11.9 Å². The number of rotatable bonds is 12. The van der Waals surface area contributed by atoms with E-state index in [0.29, 0.717) is 26.2 Å². The van der Waals surface area contributed by atoms with E-state index in [1.165, 1.54) is 25.2 Å². The minimum Gasteiger partial charge on any atom is -0.466 e. The summed E-state index contributed by atoms with van der Waals surface area (Å²) < 4.78 is 21.8. The number of aliphatic hydroxyl groups excluding tert-OH is 1. The van der Waals surface area contributed by atoms with E-state index in [9.17, 15) is 14.7 Å². The highest BCUT2D eigenvalue weighted by molar-refractivity contribution is 5.78. The minimum atomic E-state index is -0.947. The van der Waals surface area contributed by atoms with E-state index in [-0.39, 0.29) is 24.5 Å². The molecule has 0 spiro atoms. The Morgan fingerprint density at radius 2 is 1.75 bits per heavy atom. The van der Waals surface area contributed by atoms with Crippen molar-refractivity contribution in [2.75, 3.05) is 33.4 Å². The van der Waals surface area contributed by atoms with Gasteiger partial charge in [-0.1, -0.05) is 66.7 Å². The van der Waals surface area contributed by atoms with Crippen molar-refractivity contribution in [2.24, 2.45) is 5.92 Å². The predicted molar refractivity (Wildman–Crippen MR) is 151 cm³/mol. The molecule has 2 fully saturated rings. The summed E-state index contributed by atoms with van der Waals surface area (Å²) in [6, 6.07) is 18.7. The number of nitrogens with zero attached hydrogens (tertiary/aromatic N) is 1. The molecule has 2 aromatic carbocycles. The molecule has 1 aliphatic heterocycles. The molecular weight excluding hydrogens is 510 g/mol. The second-order valence-corrected chi connectivity index (χ2v) is 10.4. The number of aliphatic hydroxyl groups is 1. The van der Waals surface area contributed by atoms with Crippen LogP contribution in [-0.4, -0.2) is 79.7 Å². The third-order valence-corrected chi connectivity index (χ3v) is 7.73. The molecule has 2 aromatic rings. The molecule has 0 amide bonds. The zero-order valence-corrected chi connectivity index (χ0v) is 23.4. The Labute approximate surface area is 236 Å². The topological polar surface area (TPSA) is 94.5 Å². The van der Waals surface area contributed by atoms with Gasteiger partial charge in [-0.2, -0.15) is 0 Å². The Bertz CT molecular complexity index is 1100. The smallest absolute Gasteiger partial charge is 0.347 e. The summed E-state index contributed by atoms with van der Waals surface area (Å²) in [5.41, 5.74) is 3.45. The Hall–Kier alpha value is -3.04. The fraction of sp³-hybridized carbons (Fsp3) is 0.500. The van der Waals surface area contributed by atoms with Crippen LogP contribution in [0.15, 0.2) is 66.7 Å². The van der Waals surface area contributed by atoms with E-state index in [1.54, 1.807) is 0 Å². The first-order valence-corrected chi connectivity index (χ1v) is 14.1. The van der Waals surface area contributed by atoms with Gasteiger partial charge >= 0.3 is 11.9 Å². The molecule has 1 N–H and O–H groups in total. The molecule has 2 aliphatic rings. The molecule has 1 unspecified atom stereocenters. The lowest BCUT2D eigenvalue weighted by molar-refractivity contribution is -0.164. The van der Waals surface area contributed by atoms with Gasteiger partial charge in [0.25, 0.3) is 0 Å². The molecule has 1 saturated carbocycles. The van der Waals surface area contributed by atoms with E-state index >= 15 is 0 Å². The van der Waals surface area contributed by atoms with Gasteiger partial charge in [0, 0.05) is 44.8 Å². The average Bonchev–Trinajstić information content (AvgIpc) is 3.30. The second kappa shape index (κ2) is 15.1. The highest BCUT2D eigenvalue weighted by atomic mass is 16.6. The maximum atomic E-state index is 11.9. The maximum absolute atomic E-state index is 11.9. The number of carbonyl (C=O) groups excluding carboxylic acids is 2. The van der Waals surface area contributed by atoms with Crippen LogP contribution in [-0.2, 0) is 35.1 Å². The Balaban J connectivity index is 1.38. The van der Waals surface area contributed by atoms with Crippen molar-refractivity contribution in [3.8, 4) is 11.1 Å². The molecule has 1 saturated heterocycles. The van der Waals surface area contributed by atoms with Gasteiger partial charge in [0.15, 0.2) is 0 Å². The van der Waals surface area contributed by atoms with Gasteiger partial charge < -0.3 is 24.1 Å². The van der Waals surface area contributed by atoms with Crippen molar-refractivity contribution in [3.63, 3.8) is 0 Å². The normalized spacial score (nSPS) is 24.2. The summed E-state index contributed by atoms with van der Waals surface area (Å²) in [5, 5.41) is 11.1. The fourth-order valence-corrected chi connectivity index (χ4v) is 5.77. The summed E-state index contributed by atoms with van der Waals surface area (Å²) in [4.78, 5) is 25.6. The van der Waals surface area contributed by atoms with Crippen LogP contribution in [0.5, 0.6) is 0 Å². The summed E-state index contributed by atoms with van der Waals surface area (Å²) in [5.74, 6) is -0.950. The van der Waals surface area contributed by atoms with Crippen LogP contribution in [0.1, 0.15) is 38.2 Å². The molecule has 0 aromatic heterocycles. The van der Waals surface area contributed by atoms with Gasteiger partial charge in [-0.15, -0.1) is 0 Å². The summed E-state index contributed by atoms with van der Waals surface area (Å²) in [6.07, 6.45) is 4.78. The second-order valence-electron chi connectivity index (χ2n) is 10.4. The molecule has 40 heavy (non-hydrogen) atoms. The number of allylic oxidation sites excluding steroid dienone is 1. The van der Waals surface area contributed by atoms with Crippen molar-refractivity contribution in [1.29, 1.82) is 0 Å². The van der Waals surface area contributed by atoms with Crippen LogP contribution in [0.4, 0.5) is 0 Å². The van der Waals surface area contributed by atoms with Crippen LogP contribution in [0.3, 0.4) is 0 Å². The number of hydrogen-bond acceptors (Lipinski definition) is 8. The maximum Gasteiger partial charge on any atom is 0.347 e. The van der Waals surface area contributed by atoms with E-state index < -0.39 is 24.1 Å². The van der Waals surface area contributed by atoms with Crippen molar-refractivity contribution < 1.29 is 33.6 Å². The molecular formula is C32H41NO7. The number of esters is 2.